The maximum absolute atomic E-state index is 11.8. The molecular weight excluding hydrogens is 306 g/mol. The maximum Gasteiger partial charge on any atom is 0.374 e. The summed E-state index contributed by atoms with van der Waals surface area (Å²) in [7, 11) is 5.16. The number of hydrogen-bond donors (Lipinski definition) is 2. The van der Waals surface area contributed by atoms with Crippen LogP contribution in [0.2, 0.25) is 5.02 Å². The molecular formula is C14H10BClN2O4. The predicted octanol–water partition coefficient (Wildman–Crippen LogP) is 1.68. The van der Waals surface area contributed by atoms with E-state index in [1.165, 1.54) is 12.3 Å². The number of aromatic nitrogens is 1. The van der Waals surface area contributed by atoms with E-state index in [2.05, 4.69) is 15.0 Å². The molecule has 0 aliphatic rings. The Balaban J connectivity index is 2.31. The summed E-state index contributed by atoms with van der Waals surface area (Å²) in [5.41, 5.74) is 1.32. The highest BCUT2D eigenvalue weighted by Gasteiger charge is 2.15. The molecule has 1 aromatic heterocycles. The molecule has 2 radical (unpaired) electrons. The minimum atomic E-state index is -1.17. The molecule has 0 bridgehead atoms. The third-order valence-corrected chi connectivity index (χ3v) is 2.99. The smallest absolute Gasteiger partial charge is 0.374 e. The normalized spacial score (nSPS) is 10.0. The van der Waals surface area contributed by atoms with Crippen LogP contribution in [0.25, 0.3) is 11.1 Å². The minimum absolute atomic E-state index is 0.0281. The van der Waals surface area contributed by atoms with E-state index in [4.69, 9.17) is 24.8 Å². The summed E-state index contributed by atoms with van der Waals surface area (Å²) in [5.74, 6) is -1.83. The number of carbonyl (C=O) groups is 2. The molecule has 0 fully saturated rings. The fourth-order valence-electron chi connectivity index (χ4n) is 1.77. The molecule has 0 aliphatic carbocycles. The number of halogens is 1. The van der Waals surface area contributed by atoms with Crippen LogP contribution in [0.4, 0.5) is 0 Å². The summed E-state index contributed by atoms with van der Waals surface area (Å²) < 4.78 is 4.66. The fourth-order valence-corrected chi connectivity index (χ4v) is 1.96. The van der Waals surface area contributed by atoms with Gasteiger partial charge in [-0.15, -0.1) is 0 Å². The molecule has 0 atom stereocenters. The van der Waals surface area contributed by atoms with Crippen LogP contribution in [0, 0.1) is 0 Å². The molecule has 0 spiro atoms. The first-order valence-electron chi connectivity index (χ1n) is 6.14. The van der Waals surface area contributed by atoms with Crippen LogP contribution in [0.15, 0.2) is 36.5 Å². The van der Waals surface area contributed by atoms with Crippen molar-refractivity contribution in [2.45, 2.75) is 0 Å². The van der Waals surface area contributed by atoms with E-state index in [0.29, 0.717) is 10.6 Å². The zero-order valence-electron chi connectivity index (χ0n) is 11.2. The van der Waals surface area contributed by atoms with E-state index < -0.39 is 18.4 Å². The average Bonchev–Trinajstić information content (AvgIpc) is 2.52. The molecule has 2 aromatic rings. The van der Waals surface area contributed by atoms with Crippen LogP contribution in [0.1, 0.15) is 10.5 Å². The van der Waals surface area contributed by atoms with Crippen molar-refractivity contribution < 1.29 is 19.3 Å². The highest BCUT2D eigenvalue weighted by Crippen LogP contribution is 2.27. The van der Waals surface area contributed by atoms with Crippen LogP contribution >= 0.6 is 11.6 Å². The number of hydrogen-bond acceptors (Lipinski definition) is 4. The van der Waals surface area contributed by atoms with Crippen molar-refractivity contribution in [1.82, 2.24) is 10.3 Å². The molecule has 0 saturated heterocycles. The van der Waals surface area contributed by atoms with Gasteiger partial charge < -0.3 is 15.1 Å². The Bertz CT molecular complexity index is 724. The van der Waals surface area contributed by atoms with Gasteiger partial charge in [-0.3, -0.25) is 9.59 Å². The Morgan fingerprint density at radius 1 is 1.32 bits per heavy atom. The van der Waals surface area contributed by atoms with Gasteiger partial charge in [0, 0.05) is 16.8 Å². The summed E-state index contributed by atoms with van der Waals surface area (Å²) in [5, 5.41) is 11.3. The van der Waals surface area contributed by atoms with Gasteiger partial charge in [0.05, 0.1) is 0 Å². The molecule has 22 heavy (non-hydrogen) atoms. The Labute approximate surface area is 132 Å². The second kappa shape index (κ2) is 6.95. The van der Waals surface area contributed by atoms with E-state index in [1.807, 2.05) is 6.07 Å². The molecule has 1 heterocycles. The number of nitrogens with one attached hydrogen (secondary N) is 1. The minimum Gasteiger partial charge on any atom is -0.566 e. The number of nitrogens with zero attached hydrogens (tertiary/aromatic N) is 1. The lowest BCUT2D eigenvalue weighted by Crippen LogP contribution is -2.30. The molecule has 6 nitrogen and oxygen atoms in total. The topological polar surface area (TPSA) is 88.5 Å². The van der Waals surface area contributed by atoms with E-state index >= 15 is 0 Å². The lowest BCUT2D eigenvalue weighted by Gasteiger charge is -2.10. The number of carboxylic acids is 1. The van der Waals surface area contributed by atoms with Gasteiger partial charge in [0.1, 0.15) is 12.3 Å². The first-order chi connectivity index (χ1) is 10.5. The Hall–Kier alpha value is -2.54. The van der Waals surface area contributed by atoms with Gasteiger partial charge in [0.15, 0.2) is 5.69 Å². The van der Waals surface area contributed by atoms with Crippen molar-refractivity contribution in [2.75, 3.05) is 6.54 Å². The molecule has 0 aliphatic heterocycles. The maximum atomic E-state index is 11.8. The number of pyridine rings is 1. The molecule has 0 saturated carbocycles. The lowest BCUT2D eigenvalue weighted by molar-refractivity contribution is -0.135. The average molecular weight is 317 g/mol. The summed E-state index contributed by atoms with van der Waals surface area (Å²) in [4.78, 5) is 26.3. The number of benzene rings is 1. The zero-order valence-corrected chi connectivity index (χ0v) is 12.0. The lowest BCUT2D eigenvalue weighted by atomic mass is 10.1. The second-order valence-corrected chi connectivity index (χ2v) is 4.71. The van der Waals surface area contributed by atoms with Crippen molar-refractivity contribution in [3.63, 3.8) is 0 Å². The Kier molecular flexibility index (Phi) is 5.01. The number of rotatable bonds is 5. The van der Waals surface area contributed by atoms with Crippen molar-refractivity contribution in [3.8, 4) is 16.9 Å². The third kappa shape index (κ3) is 3.76. The second-order valence-electron chi connectivity index (χ2n) is 4.28. The molecule has 8 heteroatoms. The van der Waals surface area contributed by atoms with Gasteiger partial charge in [-0.2, -0.15) is 0 Å². The van der Waals surface area contributed by atoms with Gasteiger partial charge in [-0.05, 0) is 23.8 Å². The molecule has 110 valence electrons. The summed E-state index contributed by atoms with van der Waals surface area (Å²) in [6, 6.07) is 8.56. The monoisotopic (exact) mass is 316 g/mol. The highest BCUT2D eigenvalue weighted by atomic mass is 35.5. The summed E-state index contributed by atoms with van der Waals surface area (Å²) in [6.07, 6.45) is 1.45. The fraction of sp³-hybridized carbons (Fsp3) is 0.0714. The quantitative estimate of drug-likeness (QED) is 0.819. The van der Waals surface area contributed by atoms with Crippen molar-refractivity contribution in [1.29, 1.82) is 0 Å². The van der Waals surface area contributed by atoms with Gasteiger partial charge in [-0.25, -0.2) is 4.98 Å². The number of carboxylic acid groups (broad SMARTS) is 1. The van der Waals surface area contributed by atoms with E-state index in [9.17, 15) is 9.59 Å². The number of amides is 1. The molecule has 0 unspecified atom stereocenters. The Morgan fingerprint density at radius 3 is 2.73 bits per heavy atom. The van der Waals surface area contributed by atoms with E-state index in [1.54, 1.807) is 18.2 Å². The van der Waals surface area contributed by atoms with E-state index in [0.717, 1.165) is 5.56 Å². The SMILES string of the molecule is [B]Oc1cc(-c2cccc(Cl)c2)cnc1C(=O)NCC(=O)O. The van der Waals surface area contributed by atoms with Gasteiger partial charge in [0.25, 0.3) is 5.91 Å². The predicted molar refractivity (Wildman–Crippen MR) is 81.0 cm³/mol. The van der Waals surface area contributed by atoms with Crippen molar-refractivity contribution in [2.24, 2.45) is 0 Å². The standard InChI is InChI=1S/C14H10BClN2O4/c15-22-11-5-9(8-2-1-3-10(16)4-8)6-17-13(11)14(21)18-7-12(19)20/h1-6H,7H2,(H,18,21)(H,19,20). The molecule has 1 amide bonds. The van der Waals surface area contributed by atoms with Gasteiger partial charge >= 0.3 is 14.0 Å². The van der Waals surface area contributed by atoms with Crippen molar-refractivity contribution in [3.05, 3.63) is 47.2 Å². The molecule has 2 rings (SSSR count). The third-order valence-electron chi connectivity index (χ3n) is 2.75. The van der Waals surface area contributed by atoms with Crippen LogP contribution in [0.5, 0.6) is 5.75 Å². The van der Waals surface area contributed by atoms with Gasteiger partial charge in [0.2, 0.25) is 0 Å². The van der Waals surface area contributed by atoms with Crippen LogP contribution in [0.3, 0.4) is 0 Å². The molecule has 1 aromatic carbocycles. The summed E-state index contributed by atoms with van der Waals surface area (Å²) >= 11 is 5.92. The first kappa shape index (κ1) is 15.8. The largest absolute Gasteiger partial charge is 0.566 e. The zero-order chi connectivity index (χ0) is 16.1. The molecule has 2 N–H and O–H groups in total. The highest BCUT2D eigenvalue weighted by molar-refractivity contribution is 6.30. The van der Waals surface area contributed by atoms with Crippen LogP contribution in [-0.2, 0) is 4.79 Å². The number of aliphatic carboxylic acids is 1. The van der Waals surface area contributed by atoms with Crippen LogP contribution < -0.4 is 9.97 Å². The van der Waals surface area contributed by atoms with Crippen molar-refractivity contribution >= 4 is 31.5 Å². The van der Waals surface area contributed by atoms with Gasteiger partial charge in [-0.1, -0.05) is 23.7 Å². The first-order valence-corrected chi connectivity index (χ1v) is 6.51. The number of carbonyl (C=O) groups excluding carboxylic acids is 1. The Morgan fingerprint density at radius 2 is 2.09 bits per heavy atom. The summed E-state index contributed by atoms with van der Waals surface area (Å²) in [6.45, 7) is -0.527. The van der Waals surface area contributed by atoms with E-state index in [-0.39, 0.29) is 11.4 Å². The van der Waals surface area contributed by atoms with Crippen LogP contribution in [-0.4, -0.2) is 36.6 Å².